The molecule has 6 heteroatoms. The molecule has 27 heavy (non-hydrogen) atoms. The number of hydrogen-bond acceptors (Lipinski definition) is 3. The second-order valence-corrected chi connectivity index (χ2v) is 24.3. The molecule has 4 aliphatic rings. The largest absolute Gasteiger partial charge is 0.437 e. The van der Waals surface area contributed by atoms with E-state index in [9.17, 15) is 0 Å². The summed E-state index contributed by atoms with van der Waals surface area (Å²) in [7, 11) is -5.49. The molecule has 0 spiro atoms. The zero-order valence-electron chi connectivity index (χ0n) is 18.6. The molecular weight excluding hydrogens is 384 g/mol. The van der Waals surface area contributed by atoms with Crippen molar-refractivity contribution in [2.24, 2.45) is 11.8 Å². The minimum atomic E-state index is -2.08. The Bertz CT molecular complexity index is 555. The Morgan fingerprint density at radius 3 is 2.19 bits per heavy atom. The monoisotopic (exact) mass is 426 g/mol. The first-order valence-corrected chi connectivity index (χ1v) is 20.4. The number of fused-ring (bicyclic) bond motifs is 3. The molecule has 3 nitrogen and oxygen atoms in total. The Morgan fingerprint density at radius 1 is 0.889 bits per heavy atom. The highest BCUT2D eigenvalue weighted by molar-refractivity contribution is 6.88. The van der Waals surface area contributed by atoms with Gasteiger partial charge in [-0.05, 0) is 101 Å². The number of rotatable bonds is 8. The summed E-state index contributed by atoms with van der Waals surface area (Å²) in [6.07, 6.45) is 13.7. The van der Waals surface area contributed by atoms with Crippen LogP contribution in [0.1, 0.15) is 57.8 Å². The first kappa shape index (κ1) is 20.8. The van der Waals surface area contributed by atoms with Crippen molar-refractivity contribution in [2.45, 2.75) is 120 Å². The van der Waals surface area contributed by atoms with Crippen LogP contribution < -0.4 is 0 Å². The molecule has 4 rings (SSSR count). The van der Waals surface area contributed by atoms with Gasteiger partial charge in [-0.1, -0.05) is 19.3 Å². The van der Waals surface area contributed by atoms with E-state index in [1.807, 2.05) is 0 Å². The summed E-state index contributed by atoms with van der Waals surface area (Å²) in [4.78, 5) is 0. The number of hydrogen-bond donors (Lipinski definition) is 0. The lowest BCUT2D eigenvalue weighted by molar-refractivity contribution is 0.342. The summed E-state index contributed by atoms with van der Waals surface area (Å²) >= 11 is 0. The van der Waals surface area contributed by atoms with Gasteiger partial charge >= 0.3 is 8.56 Å². The topological polar surface area (TPSA) is 31.0 Å². The summed E-state index contributed by atoms with van der Waals surface area (Å²) in [5.74, 6) is 1.87. The average Bonchev–Trinajstić information content (AvgIpc) is 3.00. The molecule has 156 valence electrons. The van der Waals surface area contributed by atoms with Gasteiger partial charge in [-0.25, -0.2) is 0 Å². The molecule has 0 aromatic heterocycles. The van der Waals surface area contributed by atoms with Crippen molar-refractivity contribution in [1.29, 1.82) is 0 Å². The molecule has 3 aliphatic carbocycles. The molecule has 2 bridgehead atoms. The Labute approximate surface area is 170 Å². The fourth-order valence-electron chi connectivity index (χ4n) is 6.80. The van der Waals surface area contributed by atoms with E-state index in [1.54, 1.807) is 0 Å². The molecule has 0 amide bonds. The Balaban J connectivity index is 1.30. The predicted octanol–water partition coefficient (Wildman–Crippen LogP) is 6.42. The Kier molecular flexibility index (Phi) is 5.43. The third-order valence-electron chi connectivity index (χ3n) is 8.31. The molecule has 0 aromatic carbocycles. The maximum absolute atomic E-state index is 7.05. The highest BCUT2D eigenvalue weighted by Crippen LogP contribution is 2.64. The van der Waals surface area contributed by atoms with Crippen LogP contribution in [-0.2, 0) is 13.0 Å². The summed E-state index contributed by atoms with van der Waals surface area (Å²) in [6, 6.07) is 1.28. The second kappa shape index (κ2) is 7.05. The van der Waals surface area contributed by atoms with Crippen LogP contribution in [-0.4, -0.2) is 37.4 Å². The smallest absolute Gasteiger partial charge is 0.311 e. The van der Waals surface area contributed by atoms with Crippen molar-refractivity contribution in [1.82, 2.24) is 0 Å². The van der Waals surface area contributed by atoms with Gasteiger partial charge < -0.3 is 13.0 Å². The van der Waals surface area contributed by atoms with Crippen LogP contribution in [0, 0.1) is 11.8 Å². The molecule has 0 aromatic rings. The van der Waals surface area contributed by atoms with Crippen LogP contribution in [0.2, 0.25) is 50.4 Å². The van der Waals surface area contributed by atoms with Gasteiger partial charge in [-0.15, -0.1) is 0 Å². The second-order valence-electron chi connectivity index (χ2n) is 11.7. The van der Waals surface area contributed by atoms with Gasteiger partial charge in [0.05, 0.1) is 12.2 Å². The normalized spacial score (nSPS) is 38.9. The van der Waals surface area contributed by atoms with Crippen LogP contribution in [0.25, 0.3) is 0 Å². The van der Waals surface area contributed by atoms with Gasteiger partial charge in [-0.3, -0.25) is 0 Å². The minimum Gasteiger partial charge on any atom is -0.437 e. The van der Waals surface area contributed by atoms with E-state index >= 15 is 0 Å². The molecule has 1 aliphatic heterocycles. The van der Waals surface area contributed by atoms with Crippen molar-refractivity contribution >= 4 is 25.2 Å². The summed E-state index contributed by atoms with van der Waals surface area (Å²) in [5.41, 5.74) is 0. The van der Waals surface area contributed by atoms with E-state index in [1.165, 1.54) is 63.8 Å². The maximum atomic E-state index is 7.05. The minimum absolute atomic E-state index is 0.555. The molecule has 3 atom stereocenters. The maximum Gasteiger partial charge on any atom is 0.311 e. The Hall–Kier alpha value is 0.531. The highest BCUT2D eigenvalue weighted by Gasteiger charge is 2.58. The van der Waals surface area contributed by atoms with Crippen molar-refractivity contribution in [3.8, 4) is 0 Å². The van der Waals surface area contributed by atoms with Gasteiger partial charge in [-0.2, -0.15) is 0 Å². The van der Waals surface area contributed by atoms with E-state index in [4.69, 9.17) is 13.0 Å². The molecular formula is C21H42O3Si3. The third kappa shape index (κ3) is 4.50. The molecule has 3 unspecified atom stereocenters. The van der Waals surface area contributed by atoms with Gasteiger partial charge in [0.15, 0.2) is 16.6 Å². The quantitative estimate of drug-likeness (QED) is 0.331. The van der Waals surface area contributed by atoms with Crippen molar-refractivity contribution in [2.75, 3.05) is 0 Å². The van der Waals surface area contributed by atoms with Crippen molar-refractivity contribution in [3.05, 3.63) is 0 Å². The zero-order chi connectivity index (χ0) is 19.5. The van der Waals surface area contributed by atoms with Crippen molar-refractivity contribution < 1.29 is 13.0 Å². The molecule has 1 saturated heterocycles. The van der Waals surface area contributed by atoms with Crippen LogP contribution in [0.5, 0.6) is 0 Å². The fourth-order valence-corrected chi connectivity index (χ4v) is 22.2. The third-order valence-corrected chi connectivity index (χ3v) is 21.2. The van der Waals surface area contributed by atoms with Gasteiger partial charge in [0, 0.05) is 0 Å². The van der Waals surface area contributed by atoms with E-state index in [-0.39, 0.29) is 0 Å². The molecule has 1 heterocycles. The van der Waals surface area contributed by atoms with E-state index in [0.29, 0.717) is 17.2 Å². The standard InChI is InChI=1S/C21H42O3Si3/c1-25(2,14-11-17-7-8-19-20(15-17)22-19)23-27(5,6)24-26(3,4)21-12-9-18(16-21)10-13-21/h17-20H,7-16H2,1-6H3. The lowest BCUT2D eigenvalue weighted by atomic mass is 9.88. The van der Waals surface area contributed by atoms with Gasteiger partial charge in [0.1, 0.15) is 0 Å². The molecule has 4 fully saturated rings. The first-order valence-electron chi connectivity index (χ1n) is 11.6. The Morgan fingerprint density at radius 2 is 1.59 bits per heavy atom. The lowest BCUT2D eigenvalue weighted by Crippen LogP contribution is -2.56. The molecule has 0 N–H and O–H groups in total. The van der Waals surface area contributed by atoms with Crippen LogP contribution in [0.3, 0.4) is 0 Å². The summed E-state index contributed by atoms with van der Waals surface area (Å²) in [6.45, 7) is 14.5. The van der Waals surface area contributed by atoms with E-state index in [0.717, 1.165) is 11.8 Å². The van der Waals surface area contributed by atoms with Crippen molar-refractivity contribution in [3.63, 3.8) is 0 Å². The zero-order valence-corrected chi connectivity index (χ0v) is 21.6. The van der Waals surface area contributed by atoms with E-state index < -0.39 is 25.2 Å². The summed E-state index contributed by atoms with van der Waals surface area (Å²) < 4.78 is 19.7. The number of ether oxygens (including phenoxy) is 1. The SMILES string of the molecule is C[Si](C)(CCC1CCC2OC2C1)O[Si](C)(C)O[Si](C)(C)C12CCC(CC1)C2. The van der Waals surface area contributed by atoms with E-state index in [2.05, 4.69) is 39.3 Å². The van der Waals surface area contributed by atoms with Crippen LogP contribution in [0.15, 0.2) is 0 Å². The molecule has 0 radical (unpaired) electrons. The van der Waals surface area contributed by atoms with Gasteiger partial charge in [0.25, 0.3) is 0 Å². The average molecular weight is 427 g/mol. The predicted molar refractivity (Wildman–Crippen MR) is 119 cm³/mol. The first-order chi connectivity index (χ1) is 12.5. The van der Waals surface area contributed by atoms with Crippen LogP contribution >= 0.6 is 0 Å². The summed E-state index contributed by atoms with van der Waals surface area (Å²) in [5, 5.41) is 0.555. The fraction of sp³-hybridized carbons (Fsp3) is 1.00. The van der Waals surface area contributed by atoms with Crippen LogP contribution in [0.4, 0.5) is 0 Å². The highest BCUT2D eigenvalue weighted by atomic mass is 28.5. The van der Waals surface area contributed by atoms with Gasteiger partial charge in [0.2, 0.25) is 0 Å². The lowest BCUT2D eigenvalue weighted by Gasteiger charge is -2.46. The number of epoxide rings is 1. The molecule has 3 saturated carbocycles.